The van der Waals surface area contributed by atoms with Crippen molar-refractivity contribution in [2.45, 2.75) is 0 Å². The molecule has 268 valence electrons. The van der Waals surface area contributed by atoms with Crippen molar-refractivity contribution in [3.8, 4) is 11.5 Å². The van der Waals surface area contributed by atoms with Crippen molar-refractivity contribution in [3.63, 3.8) is 0 Å². The van der Waals surface area contributed by atoms with Gasteiger partial charge in [-0.15, -0.1) is 0 Å². The number of fused-ring (bicyclic) bond motifs is 2. The highest BCUT2D eigenvalue weighted by atomic mass is 28.4. The zero-order valence-corrected chi connectivity index (χ0v) is 32.4. The molecular formula is C50H36O4Si2. The van der Waals surface area contributed by atoms with Crippen LogP contribution in [0, 0.1) is 0 Å². The van der Waals surface area contributed by atoms with E-state index in [1.165, 1.54) is 0 Å². The molecule has 0 aromatic heterocycles. The fourth-order valence-corrected chi connectivity index (χ4v) is 15.7. The van der Waals surface area contributed by atoms with E-state index in [4.69, 9.17) is 8.85 Å². The number of carbonyl (C=O) groups is 2. The third kappa shape index (κ3) is 5.83. The minimum absolute atomic E-state index is 0.243. The van der Waals surface area contributed by atoms with Crippen LogP contribution in [0.2, 0.25) is 0 Å². The van der Waals surface area contributed by atoms with Crippen LogP contribution in [-0.2, 0) is 0 Å². The highest BCUT2D eigenvalue weighted by Crippen LogP contribution is 2.39. The molecule has 56 heavy (non-hydrogen) atoms. The monoisotopic (exact) mass is 756 g/mol. The minimum Gasteiger partial charge on any atom is -0.530 e. The van der Waals surface area contributed by atoms with Gasteiger partial charge >= 0.3 is 16.6 Å². The van der Waals surface area contributed by atoms with Gasteiger partial charge in [0.15, 0.2) is 5.78 Å². The molecule has 4 nitrogen and oxygen atoms in total. The SMILES string of the molecule is O=C1c2cccc(O[Si](c3ccccc3)(c3ccccc3)c3ccccc3)c2C(=O)c2c(O[Si](c3ccccc3)(c3ccccc3)c3ccccc3)cccc21. The Hall–Kier alpha value is -6.87. The van der Waals surface area contributed by atoms with Crippen molar-refractivity contribution in [1.82, 2.24) is 0 Å². The van der Waals surface area contributed by atoms with Crippen LogP contribution in [0.3, 0.4) is 0 Å². The third-order valence-corrected chi connectivity index (χ3v) is 18.5. The van der Waals surface area contributed by atoms with Gasteiger partial charge in [-0.25, -0.2) is 0 Å². The summed E-state index contributed by atoms with van der Waals surface area (Å²) in [5.41, 5.74) is 1.11. The molecule has 6 heteroatoms. The fraction of sp³-hybridized carbons (Fsp3) is 0. The molecule has 8 aromatic carbocycles. The topological polar surface area (TPSA) is 52.6 Å². The Morgan fingerprint density at radius 2 is 0.518 bits per heavy atom. The molecule has 0 N–H and O–H groups in total. The Balaban J connectivity index is 1.25. The van der Waals surface area contributed by atoms with Crippen LogP contribution in [0.1, 0.15) is 31.8 Å². The smallest absolute Gasteiger partial charge is 0.346 e. The summed E-state index contributed by atoms with van der Waals surface area (Å²) in [7, 11) is -6.68. The maximum Gasteiger partial charge on any atom is 0.346 e. The number of hydrogen-bond acceptors (Lipinski definition) is 4. The van der Waals surface area contributed by atoms with E-state index in [1.807, 2.05) is 133 Å². The summed E-state index contributed by atoms with van der Waals surface area (Å²) in [5.74, 6) is 0.169. The van der Waals surface area contributed by atoms with Gasteiger partial charge < -0.3 is 8.85 Å². The van der Waals surface area contributed by atoms with E-state index >= 15 is 4.79 Å². The van der Waals surface area contributed by atoms with E-state index in [-0.39, 0.29) is 22.7 Å². The van der Waals surface area contributed by atoms with Gasteiger partial charge in [-0.3, -0.25) is 9.59 Å². The normalized spacial score (nSPS) is 12.4. The lowest BCUT2D eigenvalue weighted by Gasteiger charge is -2.36. The number of benzene rings is 8. The summed E-state index contributed by atoms with van der Waals surface area (Å²) < 4.78 is 14.9. The van der Waals surface area contributed by atoms with Gasteiger partial charge in [-0.1, -0.05) is 206 Å². The predicted octanol–water partition coefficient (Wildman–Crippen LogP) is 6.55. The zero-order chi connectivity index (χ0) is 38.0. The molecule has 0 bridgehead atoms. The molecule has 0 unspecified atom stereocenters. The molecule has 1 aliphatic carbocycles. The highest BCUT2D eigenvalue weighted by molar-refractivity contribution is 7.08. The predicted molar refractivity (Wildman–Crippen MR) is 229 cm³/mol. The molecule has 8 aromatic rings. The average molecular weight is 757 g/mol. The second kappa shape index (κ2) is 14.8. The van der Waals surface area contributed by atoms with Crippen LogP contribution in [0.15, 0.2) is 218 Å². The molecule has 0 radical (unpaired) electrons. The Morgan fingerprint density at radius 1 is 0.268 bits per heavy atom. The molecule has 9 rings (SSSR count). The van der Waals surface area contributed by atoms with E-state index < -0.39 is 16.6 Å². The zero-order valence-electron chi connectivity index (χ0n) is 30.4. The van der Waals surface area contributed by atoms with Crippen molar-refractivity contribution >= 4 is 59.3 Å². The van der Waals surface area contributed by atoms with E-state index in [0.717, 1.165) is 31.1 Å². The first-order chi connectivity index (χ1) is 27.6. The summed E-state index contributed by atoms with van der Waals surface area (Å²) in [6.45, 7) is 0. The number of hydrogen-bond donors (Lipinski definition) is 0. The van der Waals surface area contributed by atoms with Crippen LogP contribution >= 0.6 is 0 Å². The van der Waals surface area contributed by atoms with Crippen molar-refractivity contribution < 1.29 is 18.4 Å². The molecule has 0 atom stereocenters. The Bertz CT molecular complexity index is 2280. The van der Waals surface area contributed by atoms with Crippen molar-refractivity contribution in [1.29, 1.82) is 0 Å². The summed E-state index contributed by atoms with van der Waals surface area (Å²) in [4.78, 5) is 30.1. The maximum absolute atomic E-state index is 15.4. The van der Waals surface area contributed by atoms with Crippen molar-refractivity contribution in [2.24, 2.45) is 0 Å². The van der Waals surface area contributed by atoms with Gasteiger partial charge in [0.05, 0.1) is 11.1 Å². The first-order valence-corrected chi connectivity index (χ1v) is 22.5. The second-order valence-corrected chi connectivity index (χ2v) is 20.4. The van der Waals surface area contributed by atoms with Crippen molar-refractivity contribution in [2.75, 3.05) is 0 Å². The standard InChI is InChI=1S/C50H36O4Si2/c51-49-43-33-19-35-45(53-55(37-21-7-1-8-22-37,38-23-9-2-10-24-38)39-25-11-3-12-26-39)47(43)50(52)48-44(49)34-20-36-46(48)54-56(40-27-13-4-14-28-40,41-29-15-5-16-30-41)42-31-17-6-18-32-42/h1-36H. The molecular weight excluding hydrogens is 721 g/mol. The lowest BCUT2D eigenvalue weighted by molar-refractivity contribution is 0.0976. The molecule has 0 spiro atoms. The fourth-order valence-electron chi connectivity index (χ4n) is 8.07. The Labute approximate surface area is 328 Å². The largest absolute Gasteiger partial charge is 0.530 e. The van der Waals surface area contributed by atoms with Gasteiger partial charge in [0.25, 0.3) is 0 Å². The summed E-state index contributed by atoms with van der Waals surface area (Å²) >= 11 is 0. The number of carbonyl (C=O) groups excluding carboxylic acids is 2. The van der Waals surface area contributed by atoms with Crippen LogP contribution in [-0.4, -0.2) is 28.2 Å². The summed E-state index contributed by atoms with van der Waals surface area (Å²) in [6, 6.07) is 72.0. The van der Waals surface area contributed by atoms with Crippen molar-refractivity contribution in [3.05, 3.63) is 241 Å². The van der Waals surface area contributed by atoms with E-state index in [1.54, 1.807) is 12.1 Å². The van der Waals surface area contributed by atoms with Gasteiger partial charge in [0.2, 0.25) is 5.78 Å². The van der Waals surface area contributed by atoms with E-state index in [9.17, 15) is 4.79 Å². The first kappa shape index (κ1) is 34.9. The molecule has 0 amide bonds. The number of rotatable bonds is 10. The highest BCUT2D eigenvalue weighted by Gasteiger charge is 2.48. The second-order valence-electron chi connectivity index (χ2n) is 13.8. The van der Waals surface area contributed by atoms with Gasteiger partial charge in [0.1, 0.15) is 11.5 Å². The van der Waals surface area contributed by atoms with Gasteiger partial charge in [0, 0.05) is 11.1 Å². The summed E-state index contributed by atoms with van der Waals surface area (Å²) in [5, 5.41) is 6.07. The molecule has 0 heterocycles. The van der Waals surface area contributed by atoms with Crippen LogP contribution in [0.25, 0.3) is 0 Å². The number of ketones is 2. The van der Waals surface area contributed by atoms with Gasteiger partial charge in [-0.2, -0.15) is 0 Å². The third-order valence-electron chi connectivity index (χ3n) is 10.6. The summed E-state index contributed by atoms with van der Waals surface area (Å²) in [6.07, 6.45) is 0. The van der Waals surface area contributed by atoms with E-state index in [0.29, 0.717) is 22.6 Å². The lowest BCUT2D eigenvalue weighted by Crippen LogP contribution is -2.71. The molecule has 0 saturated carbocycles. The lowest BCUT2D eigenvalue weighted by atomic mass is 9.83. The Kier molecular flexibility index (Phi) is 9.19. The van der Waals surface area contributed by atoms with Crippen LogP contribution < -0.4 is 40.0 Å². The first-order valence-electron chi connectivity index (χ1n) is 18.7. The average Bonchev–Trinajstić information content (AvgIpc) is 3.28. The van der Waals surface area contributed by atoms with E-state index in [2.05, 4.69) is 72.8 Å². The van der Waals surface area contributed by atoms with Gasteiger partial charge in [-0.05, 0) is 43.3 Å². The quantitative estimate of drug-likeness (QED) is 0.117. The van der Waals surface area contributed by atoms with Crippen LogP contribution in [0.5, 0.6) is 11.5 Å². The molecule has 0 fully saturated rings. The molecule has 0 saturated heterocycles. The molecule has 0 aliphatic heterocycles. The Morgan fingerprint density at radius 3 is 0.768 bits per heavy atom. The molecule has 1 aliphatic rings. The maximum atomic E-state index is 15.4. The van der Waals surface area contributed by atoms with Crippen LogP contribution in [0.4, 0.5) is 0 Å². The minimum atomic E-state index is -3.34.